The monoisotopic (exact) mass is 551 g/mol. The molecule has 3 rings (SSSR count). The van der Waals surface area contributed by atoms with Gasteiger partial charge in [-0.05, 0) is 47.7 Å². The van der Waals surface area contributed by atoms with Crippen molar-refractivity contribution in [3.05, 3.63) is 67.6 Å². The van der Waals surface area contributed by atoms with Crippen LogP contribution in [0.4, 0.5) is 16.2 Å². The predicted molar refractivity (Wildman–Crippen MR) is 135 cm³/mol. The number of halogens is 1. The molecule has 1 aliphatic heterocycles. The molecule has 14 heteroatoms. The van der Waals surface area contributed by atoms with E-state index in [4.69, 9.17) is 16.7 Å². The number of ether oxygens (including phenoxy) is 1. The average Bonchev–Trinajstić information content (AvgIpc) is 3.10. The molecule has 188 valence electrons. The van der Waals surface area contributed by atoms with Crippen LogP contribution >= 0.6 is 35.1 Å². The number of carbonyl (C=O) groups is 4. The van der Waals surface area contributed by atoms with Crippen LogP contribution in [0, 0.1) is 10.1 Å². The normalized spacial score (nSPS) is 14.3. The number of aliphatic hydroxyl groups is 1. The minimum atomic E-state index is -0.729. The number of benzene rings is 2. The van der Waals surface area contributed by atoms with Gasteiger partial charge >= 0.3 is 5.97 Å². The van der Waals surface area contributed by atoms with Crippen molar-refractivity contribution in [3.63, 3.8) is 0 Å². The number of anilines is 1. The molecular weight excluding hydrogens is 534 g/mol. The van der Waals surface area contributed by atoms with Crippen molar-refractivity contribution < 1.29 is 33.9 Å². The van der Waals surface area contributed by atoms with Crippen molar-refractivity contribution in [2.75, 3.05) is 31.3 Å². The summed E-state index contributed by atoms with van der Waals surface area (Å²) >= 11 is 7.67. The number of thioether (sulfide) groups is 2. The molecule has 36 heavy (non-hydrogen) atoms. The van der Waals surface area contributed by atoms with E-state index in [1.807, 2.05) is 0 Å². The molecule has 0 aliphatic carbocycles. The quantitative estimate of drug-likeness (QED) is 0.154. The first kappa shape index (κ1) is 27.2. The van der Waals surface area contributed by atoms with E-state index in [1.54, 1.807) is 6.07 Å². The summed E-state index contributed by atoms with van der Waals surface area (Å²) in [6, 6.07) is 8.44. The molecule has 0 atom stereocenters. The van der Waals surface area contributed by atoms with Gasteiger partial charge in [0.1, 0.15) is 6.54 Å². The Morgan fingerprint density at radius 2 is 2.03 bits per heavy atom. The maximum atomic E-state index is 12.8. The lowest BCUT2D eigenvalue weighted by molar-refractivity contribution is -0.387. The highest BCUT2D eigenvalue weighted by molar-refractivity contribution is 8.18. The van der Waals surface area contributed by atoms with E-state index >= 15 is 0 Å². The Hall–Kier alpha value is -3.39. The summed E-state index contributed by atoms with van der Waals surface area (Å²) in [6.07, 6.45) is 1.33. The zero-order chi connectivity index (χ0) is 26.4. The number of nitro groups is 1. The third-order valence-corrected chi connectivity index (χ3v) is 6.94. The van der Waals surface area contributed by atoms with E-state index in [0.717, 1.165) is 16.7 Å². The minimum absolute atomic E-state index is 0.00247. The molecule has 1 aliphatic rings. The highest BCUT2D eigenvalue weighted by atomic mass is 35.5. The van der Waals surface area contributed by atoms with E-state index in [0.29, 0.717) is 22.2 Å². The highest BCUT2D eigenvalue weighted by Gasteiger charge is 2.36. The second-order valence-corrected chi connectivity index (χ2v) is 9.60. The van der Waals surface area contributed by atoms with Crippen LogP contribution in [0.1, 0.15) is 15.9 Å². The van der Waals surface area contributed by atoms with Gasteiger partial charge in [-0.1, -0.05) is 17.7 Å². The van der Waals surface area contributed by atoms with Gasteiger partial charge in [-0.2, -0.15) is 0 Å². The minimum Gasteiger partial charge on any atom is -0.465 e. The van der Waals surface area contributed by atoms with E-state index in [9.17, 15) is 29.3 Å². The van der Waals surface area contributed by atoms with E-state index in [1.165, 1.54) is 43.5 Å². The SMILES string of the molecule is COC(=O)c1cc(NC(=O)CN2C(=O)SC(=Cc3ccc(SCCO)c([N+](=O)[O-])c3)C2=O)ccc1Cl. The number of hydrogen-bond acceptors (Lipinski definition) is 10. The van der Waals surface area contributed by atoms with Crippen LogP contribution in [-0.4, -0.2) is 64.0 Å². The van der Waals surface area contributed by atoms with Gasteiger partial charge in [0.25, 0.3) is 16.8 Å². The average molecular weight is 552 g/mol. The summed E-state index contributed by atoms with van der Waals surface area (Å²) in [7, 11) is 1.18. The number of esters is 1. The first-order chi connectivity index (χ1) is 17.1. The number of rotatable bonds is 9. The molecule has 2 aromatic carbocycles. The molecule has 0 bridgehead atoms. The number of methoxy groups -OCH3 is 1. The van der Waals surface area contributed by atoms with Crippen LogP contribution in [0.15, 0.2) is 46.2 Å². The van der Waals surface area contributed by atoms with Gasteiger partial charge in [-0.3, -0.25) is 29.4 Å². The van der Waals surface area contributed by atoms with E-state index in [-0.39, 0.29) is 39.2 Å². The number of nitro benzene ring substituents is 1. The fourth-order valence-electron chi connectivity index (χ4n) is 3.05. The lowest BCUT2D eigenvalue weighted by atomic mass is 10.2. The number of hydrogen-bond donors (Lipinski definition) is 2. The first-order valence-corrected chi connectivity index (χ1v) is 12.3. The molecule has 2 aromatic rings. The second kappa shape index (κ2) is 12.0. The zero-order valence-corrected chi connectivity index (χ0v) is 20.9. The van der Waals surface area contributed by atoms with E-state index < -0.39 is 34.5 Å². The summed E-state index contributed by atoms with van der Waals surface area (Å²) in [5.74, 6) is -1.85. The van der Waals surface area contributed by atoms with Crippen LogP contribution in [0.3, 0.4) is 0 Å². The van der Waals surface area contributed by atoms with Crippen molar-refractivity contribution in [1.82, 2.24) is 4.90 Å². The number of nitrogens with one attached hydrogen (secondary N) is 1. The maximum absolute atomic E-state index is 12.8. The Balaban J connectivity index is 1.73. The van der Waals surface area contributed by atoms with Gasteiger partial charge in [-0.15, -0.1) is 11.8 Å². The Morgan fingerprint density at radius 3 is 2.69 bits per heavy atom. The van der Waals surface area contributed by atoms with Crippen molar-refractivity contribution in [2.45, 2.75) is 4.90 Å². The van der Waals surface area contributed by atoms with Gasteiger partial charge in [-0.25, -0.2) is 4.79 Å². The van der Waals surface area contributed by atoms with Crippen LogP contribution in [0.5, 0.6) is 0 Å². The van der Waals surface area contributed by atoms with Crippen LogP contribution in [0.25, 0.3) is 6.08 Å². The molecule has 0 aromatic heterocycles. The van der Waals surface area contributed by atoms with Gasteiger partial charge in [0.15, 0.2) is 0 Å². The summed E-state index contributed by atoms with van der Waals surface area (Å²) in [4.78, 5) is 61.3. The standard InChI is InChI=1S/C22H18ClN3O8S2/c1-34-21(30)14-10-13(3-4-15(14)23)24-19(28)11-25-20(29)18(36-22(25)31)9-12-2-5-17(35-7-6-27)16(8-12)26(32)33/h2-5,8-10,27H,6-7,11H2,1H3,(H,24,28). The lowest BCUT2D eigenvalue weighted by Gasteiger charge is -2.13. The molecule has 0 unspecified atom stereocenters. The molecule has 0 saturated carbocycles. The lowest BCUT2D eigenvalue weighted by Crippen LogP contribution is -2.36. The molecule has 3 amide bonds. The van der Waals surface area contributed by atoms with Crippen molar-refractivity contribution in [1.29, 1.82) is 0 Å². The van der Waals surface area contributed by atoms with E-state index in [2.05, 4.69) is 10.1 Å². The van der Waals surface area contributed by atoms with Gasteiger partial charge in [0.05, 0.1) is 39.0 Å². The Bertz CT molecular complexity index is 1280. The molecule has 11 nitrogen and oxygen atoms in total. The Labute approximate surface area is 218 Å². The molecule has 1 fully saturated rings. The zero-order valence-electron chi connectivity index (χ0n) is 18.6. The van der Waals surface area contributed by atoms with Gasteiger partial charge < -0.3 is 15.2 Å². The second-order valence-electron chi connectivity index (χ2n) is 7.06. The molecule has 1 saturated heterocycles. The van der Waals surface area contributed by atoms with Crippen LogP contribution < -0.4 is 5.32 Å². The smallest absolute Gasteiger partial charge is 0.339 e. The predicted octanol–water partition coefficient (Wildman–Crippen LogP) is 3.79. The van der Waals surface area contributed by atoms with Gasteiger partial charge in [0, 0.05) is 17.5 Å². The molecule has 0 radical (unpaired) electrons. The number of aliphatic hydroxyl groups excluding tert-OH is 1. The summed E-state index contributed by atoms with van der Waals surface area (Å²) in [5, 5.41) is 22.3. The molecule has 1 heterocycles. The fraction of sp³-hybridized carbons (Fsp3) is 0.182. The van der Waals surface area contributed by atoms with Crippen molar-refractivity contribution in [3.8, 4) is 0 Å². The largest absolute Gasteiger partial charge is 0.465 e. The van der Waals surface area contributed by atoms with Crippen molar-refractivity contribution >= 4 is 75.6 Å². The number of imide groups is 1. The third kappa shape index (κ3) is 6.43. The summed E-state index contributed by atoms with van der Waals surface area (Å²) < 4.78 is 4.63. The van der Waals surface area contributed by atoms with Crippen LogP contribution in [0.2, 0.25) is 5.02 Å². The van der Waals surface area contributed by atoms with Crippen molar-refractivity contribution in [2.24, 2.45) is 0 Å². The van der Waals surface area contributed by atoms with Crippen LogP contribution in [-0.2, 0) is 14.3 Å². The maximum Gasteiger partial charge on any atom is 0.339 e. The number of amides is 3. The molecule has 2 N–H and O–H groups in total. The Morgan fingerprint density at radius 1 is 1.28 bits per heavy atom. The molecule has 0 spiro atoms. The topological polar surface area (TPSA) is 156 Å². The first-order valence-electron chi connectivity index (χ1n) is 10.1. The Kier molecular flexibility index (Phi) is 9.09. The fourth-order valence-corrected chi connectivity index (χ4v) is 4.84. The highest BCUT2D eigenvalue weighted by Crippen LogP contribution is 2.35. The number of nitrogens with zero attached hydrogens (tertiary/aromatic N) is 2. The van der Waals surface area contributed by atoms with Gasteiger partial charge in [0.2, 0.25) is 5.91 Å². The third-order valence-electron chi connectivity index (χ3n) is 4.66. The summed E-state index contributed by atoms with van der Waals surface area (Å²) in [6.45, 7) is -0.732. The summed E-state index contributed by atoms with van der Waals surface area (Å²) in [5.41, 5.74) is 0.358. The number of carbonyl (C=O) groups excluding carboxylic acids is 4. The molecular formula is C22H18ClN3O8S2.